The third-order valence-corrected chi connectivity index (χ3v) is 8.33. The van der Waals surface area contributed by atoms with E-state index in [2.05, 4.69) is 20.7 Å². The first kappa shape index (κ1) is 29.8. The summed E-state index contributed by atoms with van der Waals surface area (Å²) in [6.07, 6.45) is 3.48. The second-order valence-electron chi connectivity index (χ2n) is 10.1. The molecule has 0 bridgehead atoms. The Balaban J connectivity index is 1.25. The number of amides is 2. The Morgan fingerprint density at radius 1 is 1.02 bits per heavy atom. The number of nitrogens with zero attached hydrogens (tertiary/aromatic N) is 2. The van der Waals surface area contributed by atoms with Gasteiger partial charge in [-0.3, -0.25) is 9.59 Å². The number of carbonyl (C=O) groups excluding carboxylic acids is 3. The van der Waals surface area contributed by atoms with Crippen LogP contribution in [-0.4, -0.2) is 45.7 Å². The lowest BCUT2D eigenvalue weighted by Gasteiger charge is -2.17. The fourth-order valence-corrected chi connectivity index (χ4v) is 6.01. The molecular formula is C33H25ClFN5O4S. The number of nitrogens with one attached hydrogen (secondary N) is 3. The Labute approximate surface area is 265 Å². The number of para-hydroxylation sites is 2. The largest absolute Gasteiger partial charge is 0.467 e. The number of rotatable bonds is 9. The molecule has 3 heterocycles. The molecule has 3 aromatic carbocycles. The van der Waals surface area contributed by atoms with Crippen LogP contribution in [0.3, 0.4) is 0 Å². The van der Waals surface area contributed by atoms with Gasteiger partial charge < -0.3 is 20.4 Å². The van der Waals surface area contributed by atoms with Crippen LogP contribution in [0.5, 0.6) is 0 Å². The van der Waals surface area contributed by atoms with Crippen molar-refractivity contribution < 1.29 is 23.5 Å². The average molecular weight is 642 g/mol. The number of halogens is 2. The molecule has 3 N–H and O–H groups in total. The normalized spacial score (nSPS) is 11.7. The number of aromatic nitrogens is 3. The molecule has 0 saturated heterocycles. The van der Waals surface area contributed by atoms with Gasteiger partial charge in [0.05, 0.1) is 27.6 Å². The highest BCUT2D eigenvalue weighted by molar-refractivity contribution is 7.19. The first-order chi connectivity index (χ1) is 21.8. The topological polar surface area (TPSA) is 118 Å². The van der Waals surface area contributed by atoms with E-state index >= 15 is 0 Å². The maximum atomic E-state index is 14.8. The molecule has 2 amide bonds. The Bertz CT molecular complexity index is 2040. The van der Waals surface area contributed by atoms with E-state index in [9.17, 15) is 18.8 Å². The molecule has 12 heteroatoms. The van der Waals surface area contributed by atoms with Crippen molar-refractivity contribution in [2.24, 2.45) is 0 Å². The number of anilines is 1. The molecule has 0 aliphatic rings. The number of benzene rings is 3. The van der Waals surface area contributed by atoms with Gasteiger partial charge in [0.1, 0.15) is 17.6 Å². The molecular weight excluding hydrogens is 617 g/mol. The van der Waals surface area contributed by atoms with Crippen molar-refractivity contribution in [3.8, 4) is 16.3 Å². The van der Waals surface area contributed by atoms with E-state index in [1.165, 1.54) is 24.5 Å². The Hall–Kier alpha value is -5.26. The van der Waals surface area contributed by atoms with Gasteiger partial charge in [0.2, 0.25) is 0 Å². The van der Waals surface area contributed by atoms with Gasteiger partial charge >= 0.3 is 5.97 Å². The van der Waals surface area contributed by atoms with Gasteiger partial charge in [-0.1, -0.05) is 48.0 Å². The minimum absolute atomic E-state index is 0.0408. The lowest BCUT2D eigenvalue weighted by atomic mass is 10.0. The molecule has 3 aromatic heterocycles. The van der Waals surface area contributed by atoms with Gasteiger partial charge in [0, 0.05) is 41.0 Å². The number of hydrogen-bond acceptors (Lipinski definition) is 6. The monoisotopic (exact) mass is 641 g/mol. The number of H-pyrrole nitrogens is 1. The molecule has 0 spiro atoms. The quantitative estimate of drug-likeness (QED) is 0.153. The number of methoxy groups -OCH3 is 1. The van der Waals surface area contributed by atoms with E-state index in [0.29, 0.717) is 14.9 Å². The van der Waals surface area contributed by atoms with Gasteiger partial charge in [0.25, 0.3) is 11.8 Å². The molecule has 0 fully saturated rings. The van der Waals surface area contributed by atoms with Crippen LogP contribution in [0.2, 0.25) is 4.34 Å². The van der Waals surface area contributed by atoms with Crippen LogP contribution in [0.1, 0.15) is 26.3 Å². The number of aromatic amines is 1. The van der Waals surface area contributed by atoms with Crippen LogP contribution >= 0.6 is 22.9 Å². The second kappa shape index (κ2) is 12.8. The van der Waals surface area contributed by atoms with Crippen LogP contribution < -0.4 is 10.6 Å². The van der Waals surface area contributed by atoms with Crippen LogP contribution in [0, 0.1) is 5.82 Å². The zero-order chi connectivity index (χ0) is 31.5. The van der Waals surface area contributed by atoms with Gasteiger partial charge in [-0.25, -0.2) is 13.9 Å². The van der Waals surface area contributed by atoms with E-state index in [1.54, 1.807) is 29.2 Å². The van der Waals surface area contributed by atoms with Crippen LogP contribution in [0.15, 0.2) is 97.3 Å². The lowest BCUT2D eigenvalue weighted by molar-refractivity contribution is -0.142. The van der Waals surface area contributed by atoms with Crippen molar-refractivity contribution >= 4 is 57.3 Å². The fourth-order valence-electron chi connectivity index (χ4n) is 4.97. The maximum absolute atomic E-state index is 14.8. The molecule has 1 atom stereocenters. The zero-order valence-corrected chi connectivity index (χ0v) is 25.3. The number of thiophene rings is 1. The average Bonchev–Trinajstić information content (AvgIpc) is 3.79. The second-order valence-corrected chi connectivity index (χ2v) is 11.8. The molecule has 0 aliphatic carbocycles. The summed E-state index contributed by atoms with van der Waals surface area (Å²) in [6, 6.07) is 22.7. The number of esters is 1. The van der Waals surface area contributed by atoms with Gasteiger partial charge in [0.15, 0.2) is 0 Å². The van der Waals surface area contributed by atoms with Crippen LogP contribution in [-0.2, 0) is 16.0 Å². The third kappa shape index (κ3) is 6.49. The highest BCUT2D eigenvalue weighted by Gasteiger charge is 2.25. The van der Waals surface area contributed by atoms with Crippen molar-refractivity contribution in [3.63, 3.8) is 0 Å². The standard InChI is InChI=1S/C33H25ClFN5O4S/c1-44-33(43)27(15-20-17-36-26-10-6-5-9-24(20)26)38-31(41)19-13-21(35)16-22(14-19)37-32(42)25-18-40(23-7-3-2-4-8-23)39-30(25)28-11-12-29(34)45-28/h2-14,16-18,27,36H,15H2,1H3,(H,37,42)(H,38,41)/t27-/m0/s1. The number of fused-ring (bicyclic) bond motifs is 1. The minimum Gasteiger partial charge on any atom is -0.467 e. The van der Waals surface area contributed by atoms with Crippen molar-refractivity contribution in [2.45, 2.75) is 12.5 Å². The zero-order valence-electron chi connectivity index (χ0n) is 23.7. The van der Waals surface area contributed by atoms with Crippen molar-refractivity contribution in [1.29, 1.82) is 0 Å². The highest BCUT2D eigenvalue weighted by atomic mass is 35.5. The number of ether oxygens (including phenoxy) is 1. The van der Waals surface area contributed by atoms with E-state index in [4.69, 9.17) is 16.3 Å². The fraction of sp³-hybridized carbons (Fsp3) is 0.0909. The minimum atomic E-state index is -1.05. The molecule has 6 aromatic rings. The summed E-state index contributed by atoms with van der Waals surface area (Å²) in [6.45, 7) is 0. The van der Waals surface area contributed by atoms with Gasteiger partial charge in [-0.05, 0) is 54.1 Å². The molecule has 6 rings (SSSR count). The maximum Gasteiger partial charge on any atom is 0.328 e. The third-order valence-electron chi connectivity index (χ3n) is 7.09. The molecule has 0 aliphatic heterocycles. The highest BCUT2D eigenvalue weighted by Crippen LogP contribution is 2.33. The van der Waals surface area contributed by atoms with E-state index < -0.39 is 29.6 Å². The summed E-state index contributed by atoms with van der Waals surface area (Å²) in [7, 11) is 1.23. The Morgan fingerprint density at radius 2 is 1.80 bits per heavy atom. The summed E-state index contributed by atoms with van der Waals surface area (Å²) in [5.74, 6) is -2.70. The van der Waals surface area contributed by atoms with E-state index in [1.807, 2.05) is 54.6 Å². The van der Waals surface area contributed by atoms with Crippen LogP contribution in [0.4, 0.5) is 10.1 Å². The molecule has 45 heavy (non-hydrogen) atoms. The molecule has 0 saturated carbocycles. The Kier molecular flexibility index (Phi) is 8.45. The predicted molar refractivity (Wildman–Crippen MR) is 172 cm³/mol. The summed E-state index contributed by atoms with van der Waals surface area (Å²) in [5.41, 5.74) is 2.97. The van der Waals surface area contributed by atoms with Crippen molar-refractivity contribution in [3.05, 3.63) is 124 Å². The smallest absolute Gasteiger partial charge is 0.328 e. The summed E-state index contributed by atoms with van der Waals surface area (Å²) < 4.78 is 21.8. The Morgan fingerprint density at radius 3 is 2.56 bits per heavy atom. The van der Waals surface area contributed by atoms with E-state index in [0.717, 1.165) is 34.3 Å². The van der Waals surface area contributed by atoms with E-state index in [-0.39, 0.29) is 23.2 Å². The summed E-state index contributed by atoms with van der Waals surface area (Å²) in [4.78, 5) is 43.3. The first-order valence-corrected chi connectivity index (χ1v) is 14.9. The summed E-state index contributed by atoms with van der Waals surface area (Å²) >= 11 is 7.43. The van der Waals surface area contributed by atoms with Crippen LogP contribution in [0.25, 0.3) is 27.2 Å². The predicted octanol–water partition coefficient (Wildman–Crippen LogP) is 6.64. The number of carbonyl (C=O) groups is 3. The van der Waals surface area contributed by atoms with Gasteiger partial charge in [-0.15, -0.1) is 11.3 Å². The molecule has 0 unspecified atom stereocenters. The lowest BCUT2D eigenvalue weighted by Crippen LogP contribution is -2.43. The first-order valence-electron chi connectivity index (χ1n) is 13.8. The SMILES string of the molecule is COC(=O)[C@H](Cc1c[nH]c2ccccc12)NC(=O)c1cc(F)cc(NC(=O)c2cn(-c3ccccc3)nc2-c2ccc(Cl)s2)c1. The number of hydrogen-bond donors (Lipinski definition) is 3. The van der Waals surface area contributed by atoms with Crippen molar-refractivity contribution in [1.82, 2.24) is 20.1 Å². The molecule has 0 radical (unpaired) electrons. The van der Waals surface area contributed by atoms with Crippen molar-refractivity contribution in [2.75, 3.05) is 12.4 Å². The molecule has 226 valence electrons. The summed E-state index contributed by atoms with van der Waals surface area (Å²) in [5, 5.41) is 10.9. The molecule has 9 nitrogen and oxygen atoms in total. The van der Waals surface area contributed by atoms with Gasteiger partial charge in [-0.2, -0.15) is 5.10 Å².